The highest BCUT2D eigenvalue weighted by molar-refractivity contribution is 5.82. The lowest BCUT2D eigenvalue weighted by Gasteiger charge is -2.74. The number of hydrogen-bond acceptors (Lipinski definition) is 3. The Morgan fingerprint density at radius 1 is 1.28 bits per heavy atom. The Morgan fingerprint density at radius 2 is 2.00 bits per heavy atom. The number of rotatable bonds is 0. The molecule has 5 aliphatic rings. The van der Waals surface area contributed by atoms with Crippen molar-refractivity contribution in [3.05, 3.63) is 0 Å². The maximum absolute atomic E-state index is 12.4. The standard InChI is InChI=1S/C15H22O3/c1-8-10-11-9-7-15(8,17)18-12(16)14(9,10)6-4-5-13(11,2)3/h8-11,17H,4-7H2,1-3H3/t8-,9?,10+,11-,14?,15+/m0/s1. The van der Waals surface area contributed by atoms with Gasteiger partial charge in [-0.05, 0) is 36.0 Å². The highest BCUT2D eigenvalue weighted by Gasteiger charge is 2.81. The minimum absolute atomic E-state index is 0.0988. The van der Waals surface area contributed by atoms with Crippen LogP contribution in [0.25, 0.3) is 0 Å². The van der Waals surface area contributed by atoms with Gasteiger partial charge in [0.2, 0.25) is 5.79 Å². The second-order valence-electron chi connectivity index (χ2n) is 7.77. The topological polar surface area (TPSA) is 46.5 Å². The van der Waals surface area contributed by atoms with Crippen molar-refractivity contribution in [2.75, 3.05) is 0 Å². The molecule has 5 bridgehead atoms. The highest BCUT2D eigenvalue weighted by Crippen LogP contribution is 2.78. The maximum Gasteiger partial charge on any atom is 0.315 e. The highest BCUT2D eigenvalue weighted by atomic mass is 16.7. The van der Waals surface area contributed by atoms with E-state index < -0.39 is 5.79 Å². The number of ether oxygens (including phenoxy) is 1. The van der Waals surface area contributed by atoms with Gasteiger partial charge in [0.05, 0.1) is 5.41 Å². The van der Waals surface area contributed by atoms with Crippen LogP contribution in [0.3, 0.4) is 0 Å². The van der Waals surface area contributed by atoms with E-state index in [1.54, 1.807) is 0 Å². The van der Waals surface area contributed by atoms with Crippen molar-refractivity contribution in [3.8, 4) is 0 Å². The Hall–Kier alpha value is -0.570. The van der Waals surface area contributed by atoms with E-state index in [9.17, 15) is 9.90 Å². The normalized spacial score (nSPS) is 59.7. The predicted octanol–water partition coefficient (Wildman–Crippen LogP) is 2.33. The molecule has 0 aromatic rings. The molecule has 3 nitrogen and oxygen atoms in total. The molecule has 2 saturated heterocycles. The quantitative estimate of drug-likeness (QED) is 0.671. The fourth-order valence-corrected chi connectivity index (χ4v) is 6.03. The Kier molecular flexibility index (Phi) is 1.75. The minimum atomic E-state index is -1.16. The zero-order valence-electron chi connectivity index (χ0n) is 11.4. The number of aliphatic hydroxyl groups is 1. The van der Waals surface area contributed by atoms with E-state index in [4.69, 9.17) is 4.74 Å². The maximum atomic E-state index is 12.4. The molecule has 0 aromatic carbocycles. The molecule has 3 aliphatic carbocycles. The van der Waals surface area contributed by atoms with E-state index >= 15 is 0 Å². The van der Waals surface area contributed by atoms with Crippen molar-refractivity contribution < 1.29 is 14.6 Å². The molecule has 5 rings (SSSR count). The summed E-state index contributed by atoms with van der Waals surface area (Å²) < 4.78 is 5.40. The smallest absolute Gasteiger partial charge is 0.315 e. The first-order valence-electron chi connectivity index (χ1n) is 7.29. The molecule has 1 N–H and O–H groups in total. The summed E-state index contributed by atoms with van der Waals surface area (Å²) in [5.41, 5.74) is 0.0743. The average molecular weight is 250 g/mol. The summed E-state index contributed by atoms with van der Waals surface area (Å²) >= 11 is 0. The molecule has 0 radical (unpaired) electrons. The van der Waals surface area contributed by atoms with Crippen LogP contribution in [-0.4, -0.2) is 16.9 Å². The Labute approximate surface area is 108 Å². The van der Waals surface area contributed by atoms with Gasteiger partial charge in [-0.3, -0.25) is 4.79 Å². The van der Waals surface area contributed by atoms with Crippen molar-refractivity contribution in [1.29, 1.82) is 0 Å². The fraction of sp³-hybridized carbons (Fsp3) is 0.933. The molecular weight excluding hydrogens is 228 g/mol. The Balaban J connectivity index is 1.87. The van der Waals surface area contributed by atoms with Crippen LogP contribution in [0.2, 0.25) is 0 Å². The lowest BCUT2D eigenvalue weighted by atomic mass is 9.33. The van der Waals surface area contributed by atoms with Crippen LogP contribution >= 0.6 is 0 Å². The predicted molar refractivity (Wildman–Crippen MR) is 65.4 cm³/mol. The second-order valence-corrected chi connectivity index (χ2v) is 7.77. The summed E-state index contributed by atoms with van der Waals surface area (Å²) in [6.07, 6.45) is 3.97. The van der Waals surface area contributed by atoms with Gasteiger partial charge in [-0.15, -0.1) is 0 Å². The van der Waals surface area contributed by atoms with E-state index in [1.807, 2.05) is 0 Å². The molecule has 6 atom stereocenters. The van der Waals surface area contributed by atoms with Gasteiger partial charge in [-0.25, -0.2) is 0 Å². The van der Waals surface area contributed by atoms with E-state index in [0.29, 0.717) is 29.6 Å². The van der Waals surface area contributed by atoms with Crippen molar-refractivity contribution in [2.24, 2.45) is 34.5 Å². The Morgan fingerprint density at radius 3 is 2.67 bits per heavy atom. The SMILES string of the molecule is C[C@H]1[C@@H]2[C@@H]3C4C[C@@]1(O)OC(=O)C42CCCC3(C)C. The molecule has 0 amide bonds. The molecule has 2 heterocycles. The number of esters is 1. The summed E-state index contributed by atoms with van der Waals surface area (Å²) in [5, 5.41) is 10.5. The van der Waals surface area contributed by atoms with Crippen molar-refractivity contribution in [2.45, 2.75) is 52.2 Å². The van der Waals surface area contributed by atoms with Crippen molar-refractivity contribution in [3.63, 3.8) is 0 Å². The van der Waals surface area contributed by atoms with Crippen LogP contribution in [-0.2, 0) is 9.53 Å². The van der Waals surface area contributed by atoms with Gasteiger partial charge < -0.3 is 9.84 Å². The summed E-state index contributed by atoms with van der Waals surface area (Å²) in [6.45, 7) is 6.77. The van der Waals surface area contributed by atoms with Gasteiger partial charge in [-0.2, -0.15) is 0 Å². The lowest BCUT2D eigenvalue weighted by molar-refractivity contribution is -0.382. The van der Waals surface area contributed by atoms with Crippen LogP contribution < -0.4 is 0 Å². The van der Waals surface area contributed by atoms with Crippen molar-refractivity contribution >= 4 is 5.97 Å². The Bertz CT molecular complexity index is 443. The van der Waals surface area contributed by atoms with Crippen LogP contribution in [0.15, 0.2) is 0 Å². The summed E-state index contributed by atoms with van der Waals surface area (Å²) in [6, 6.07) is 0. The summed E-state index contributed by atoms with van der Waals surface area (Å²) in [7, 11) is 0. The van der Waals surface area contributed by atoms with Gasteiger partial charge in [0, 0.05) is 12.3 Å². The monoisotopic (exact) mass is 250 g/mol. The fourth-order valence-electron chi connectivity index (χ4n) is 6.03. The third-order valence-electron chi connectivity index (χ3n) is 6.80. The molecule has 18 heavy (non-hydrogen) atoms. The minimum Gasteiger partial charge on any atom is -0.433 e. The molecule has 3 heteroatoms. The number of fused-ring (bicyclic) bond motifs is 1. The molecule has 1 spiro atoms. The molecule has 5 fully saturated rings. The average Bonchev–Trinajstić information content (AvgIpc) is 2.43. The molecular formula is C15H22O3. The first-order chi connectivity index (χ1) is 8.33. The summed E-state index contributed by atoms with van der Waals surface area (Å²) in [4.78, 5) is 12.4. The van der Waals surface area contributed by atoms with Gasteiger partial charge in [0.25, 0.3) is 0 Å². The van der Waals surface area contributed by atoms with E-state index in [2.05, 4.69) is 20.8 Å². The van der Waals surface area contributed by atoms with Crippen molar-refractivity contribution in [1.82, 2.24) is 0 Å². The van der Waals surface area contributed by atoms with Crippen LogP contribution in [0, 0.1) is 34.5 Å². The molecule has 2 unspecified atom stereocenters. The summed E-state index contributed by atoms with van der Waals surface area (Å²) in [5.74, 6) is 0.150. The number of carbonyl (C=O) groups is 1. The molecule has 2 aliphatic heterocycles. The number of hydrogen-bond donors (Lipinski definition) is 1. The van der Waals surface area contributed by atoms with E-state index in [0.717, 1.165) is 12.8 Å². The van der Waals surface area contributed by atoms with E-state index in [1.165, 1.54) is 6.42 Å². The van der Waals surface area contributed by atoms with Gasteiger partial charge in [0.1, 0.15) is 0 Å². The third kappa shape index (κ3) is 0.910. The third-order valence-corrected chi connectivity index (χ3v) is 6.80. The largest absolute Gasteiger partial charge is 0.433 e. The van der Waals surface area contributed by atoms with Crippen LogP contribution in [0.5, 0.6) is 0 Å². The first-order valence-corrected chi connectivity index (χ1v) is 7.29. The zero-order chi connectivity index (χ0) is 12.9. The number of carbonyl (C=O) groups excluding carboxylic acids is 1. The van der Waals surface area contributed by atoms with Gasteiger partial charge >= 0.3 is 5.97 Å². The molecule has 100 valence electrons. The van der Waals surface area contributed by atoms with Gasteiger partial charge in [-0.1, -0.05) is 27.2 Å². The molecule has 0 aromatic heterocycles. The van der Waals surface area contributed by atoms with Crippen LogP contribution in [0.1, 0.15) is 46.5 Å². The van der Waals surface area contributed by atoms with Crippen LogP contribution in [0.4, 0.5) is 0 Å². The van der Waals surface area contributed by atoms with E-state index in [-0.39, 0.29) is 17.3 Å². The zero-order valence-corrected chi connectivity index (χ0v) is 11.4. The second kappa shape index (κ2) is 2.79. The lowest BCUT2D eigenvalue weighted by Crippen LogP contribution is -2.78. The molecule has 3 saturated carbocycles. The first kappa shape index (κ1) is 11.3. The van der Waals surface area contributed by atoms with Gasteiger partial charge in [0.15, 0.2) is 0 Å².